The van der Waals surface area contributed by atoms with Crippen LogP contribution in [-0.2, 0) is 23.9 Å². The number of rotatable bonds is 9. The third-order valence-corrected chi connectivity index (χ3v) is 4.49. The Bertz CT molecular complexity index is 823. The molecule has 30 heavy (non-hydrogen) atoms. The molecule has 0 radical (unpaired) electrons. The number of carbonyl (C=O) groups excluding carboxylic acids is 5. The van der Waals surface area contributed by atoms with E-state index >= 15 is 0 Å². The van der Waals surface area contributed by atoms with Gasteiger partial charge in [-0.1, -0.05) is 17.7 Å². The number of nitrogens with zero attached hydrogens (tertiary/aromatic N) is 3. The maximum atomic E-state index is 12.1. The zero-order valence-electron chi connectivity index (χ0n) is 17.3. The number of hydrogen-bond donors (Lipinski definition) is 1. The van der Waals surface area contributed by atoms with Crippen molar-refractivity contribution >= 4 is 35.4 Å². The lowest BCUT2D eigenvalue weighted by Gasteiger charge is -2.17. The van der Waals surface area contributed by atoms with E-state index in [1.165, 1.54) is 19.0 Å². The molecule has 0 spiro atoms. The summed E-state index contributed by atoms with van der Waals surface area (Å²) in [4.78, 5) is 62.8. The monoisotopic (exact) mass is 418 g/mol. The van der Waals surface area contributed by atoms with Crippen molar-refractivity contribution in [2.75, 3.05) is 45.7 Å². The number of esters is 1. The Labute approximate surface area is 174 Å². The zero-order valence-corrected chi connectivity index (χ0v) is 17.3. The fourth-order valence-corrected chi connectivity index (χ4v) is 2.74. The number of amides is 5. The summed E-state index contributed by atoms with van der Waals surface area (Å²) >= 11 is 0. The summed E-state index contributed by atoms with van der Waals surface area (Å²) < 4.78 is 4.92. The lowest BCUT2D eigenvalue weighted by atomic mass is 10.2. The van der Waals surface area contributed by atoms with E-state index in [-0.39, 0.29) is 44.3 Å². The minimum atomic E-state index is -0.617. The van der Waals surface area contributed by atoms with Crippen LogP contribution < -0.4 is 5.32 Å². The van der Waals surface area contributed by atoms with E-state index in [4.69, 9.17) is 4.74 Å². The van der Waals surface area contributed by atoms with Crippen molar-refractivity contribution in [2.45, 2.75) is 19.8 Å². The first-order chi connectivity index (χ1) is 14.2. The molecule has 0 aromatic heterocycles. The maximum absolute atomic E-state index is 12.1. The highest BCUT2D eigenvalue weighted by Gasteiger charge is 2.32. The molecule has 162 valence electrons. The van der Waals surface area contributed by atoms with Crippen LogP contribution in [0.3, 0.4) is 0 Å². The number of aryl methyl sites for hydroxylation is 1. The second-order valence-electron chi connectivity index (χ2n) is 7.11. The van der Waals surface area contributed by atoms with E-state index in [1.807, 2.05) is 19.1 Å². The van der Waals surface area contributed by atoms with Crippen molar-refractivity contribution in [1.29, 1.82) is 0 Å². The number of carbonyl (C=O) groups is 5. The topological polar surface area (TPSA) is 116 Å². The Balaban J connectivity index is 1.65. The molecule has 0 atom stereocenters. The smallest absolute Gasteiger partial charge is 0.326 e. The third kappa shape index (κ3) is 6.57. The van der Waals surface area contributed by atoms with Crippen molar-refractivity contribution < 1.29 is 28.7 Å². The SMILES string of the molecule is Cc1ccc(NC(=O)CN(C)C(=O)COC(=O)CCCN2C(=O)CN(C)C2=O)cc1. The molecule has 1 aromatic carbocycles. The lowest BCUT2D eigenvalue weighted by molar-refractivity contribution is -0.152. The molecule has 1 aromatic rings. The summed E-state index contributed by atoms with van der Waals surface area (Å²) in [6.45, 7) is 1.41. The van der Waals surface area contributed by atoms with Crippen LogP contribution in [0.2, 0.25) is 0 Å². The minimum absolute atomic E-state index is 0.0294. The molecule has 1 aliphatic heterocycles. The standard InChI is InChI=1S/C20H26N4O6/c1-14-6-8-15(9-7-14)21-16(25)11-22(2)18(27)13-30-19(28)5-4-10-24-17(26)12-23(3)20(24)29/h6-9H,4-5,10-13H2,1-3H3,(H,21,25). The van der Waals surface area contributed by atoms with Gasteiger partial charge >= 0.3 is 12.0 Å². The van der Waals surface area contributed by atoms with Gasteiger partial charge in [-0.3, -0.25) is 24.1 Å². The predicted octanol–water partition coefficient (Wildman–Crippen LogP) is 0.609. The fraction of sp³-hybridized carbons (Fsp3) is 0.450. The van der Waals surface area contributed by atoms with E-state index in [0.29, 0.717) is 5.69 Å². The van der Waals surface area contributed by atoms with Gasteiger partial charge in [0.15, 0.2) is 6.61 Å². The number of nitrogens with one attached hydrogen (secondary N) is 1. The van der Waals surface area contributed by atoms with Gasteiger partial charge in [0, 0.05) is 32.7 Å². The molecule has 1 aliphatic rings. The summed E-state index contributed by atoms with van der Waals surface area (Å²) in [5.74, 6) is -1.82. The van der Waals surface area contributed by atoms with Gasteiger partial charge in [0.1, 0.15) is 6.54 Å². The Kier molecular flexibility index (Phi) is 7.90. The van der Waals surface area contributed by atoms with Crippen molar-refractivity contribution in [3.63, 3.8) is 0 Å². The van der Waals surface area contributed by atoms with Crippen molar-refractivity contribution in [1.82, 2.24) is 14.7 Å². The van der Waals surface area contributed by atoms with Crippen LogP contribution in [0.15, 0.2) is 24.3 Å². The van der Waals surface area contributed by atoms with Crippen LogP contribution in [-0.4, -0.2) is 84.8 Å². The van der Waals surface area contributed by atoms with Gasteiger partial charge in [0.05, 0.1) is 6.54 Å². The molecule has 1 saturated heterocycles. The first-order valence-electron chi connectivity index (χ1n) is 9.49. The van der Waals surface area contributed by atoms with Crippen molar-refractivity contribution in [3.8, 4) is 0 Å². The van der Waals surface area contributed by atoms with E-state index in [2.05, 4.69) is 5.32 Å². The normalized spacial score (nSPS) is 13.4. The minimum Gasteiger partial charge on any atom is -0.456 e. The summed E-state index contributed by atoms with van der Waals surface area (Å²) in [6, 6.07) is 6.85. The number of likely N-dealkylation sites (N-methyl/N-ethyl adjacent to an activating group) is 2. The molecule has 2 rings (SSSR count). The van der Waals surface area contributed by atoms with Gasteiger partial charge < -0.3 is 19.9 Å². The highest BCUT2D eigenvalue weighted by molar-refractivity contribution is 6.01. The lowest BCUT2D eigenvalue weighted by Crippen LogP contribution is -2.37. The van der Waals surface area contributed by atoms with E-state index in [9.17, 15) is 24.0 Å². The predicted molar refractivity (Wildman–Crippen MR) is 107 cm³/mol. The highest BCUT2D eigenvalue weighted by Crippen LogP contribution is 2.10. The van der Waals surface area contributed by atoms with Gasteiger partial charge in [0.25, 0.3) is 5.91 Å². The van der Waals surface area contributed by atoms with Gasteiger partial charge in [-0.25, -0.2) is 4.79 Å². The maximum Gasteiger partial charge on any atom is 0.326 e. The van der Waals surface area contributed by atoms with Gasteiger partial charge in [-0.15, -0.1) is 0 Å². The van der Waals surface area contributed by atoms with Crippen molar-refractivity contribution in [2.24, 2.45) is 0 Å². The second kappa shape index (κ2) is 10.4. The molecule has 0 saturated carbocycles. The van der Waals surface area contributed by atoms with Gasteiger partial charge in [-0.2, -0.15) is 0 Å². The van der Waals surface area contributed by atoms with Crippen LogP contribution in [0.4, 0.5) is 10.5 Å². The molecule has 1 N–H and O–H groups in total. The van der Waals surface area contributed by atoms with Crippen LogP contribution in [0, 0.1) is 6.92 Å². The number of ether oxygens (including phenoxy) is 1. The molecule has 10 nitrogen and oxygen atoms in total. The zero-order chi connectivity index (χ0) is 22.3. The van der Waals surface area contributed by atoms with Crippen LogP contribution in [0.5, 0.6) is 0 Å². The molecule has 0 aliphatic carbocycles. The van der Waals surface area contributed by atoms with Crippen LogP contribution in [0.1, 0.15) is 18.4 Å². The molecule has 1 heterocycles. The molecule has 10 heteroatoms. The number of imide groups is 1. The van der Waals surface area contributed by atoms with Crippen molar-refractivity contribution in [3.05, 3.63) is 29.8 Å². The number of benzene rings is 1. The summed E-state index contributed by atoms with van der Waals surface area (Å²) in [6.07, 6.45) is 0.207. The summed E-state index contributed by atoms with van der Waals surface area (Å²) in [7, 11) is 2.96. The first kappa shape index (κ1) is 22.9. The molecular weight excluding hydrogens is 392 g/mol. The van der Waals surface area contributed by atoms with E-state index in [1.54, 1.807) is 12.1 Å². The Hall–Kier alpha value is -3.43. The third-order valence-electron chi connectivity index (χ3n) is 4.49. The Morgan fingerprint density at radius 2 is 1.83 bits per heavy atom. The molecular formula is C20H26N4O6. The molecule has 0 bridgehead atoms. The Morgan fingerprint density at radius 3 is 2.43 bits per heavy atom. The van der Waals surface area contributed by atoms with Crippen LogP contribution >= 0.6 is 0 Å². The first-order valence-corrected chi connectivity index (χ1v) is 9.49. The largest absolute Gasteiger partial charge is 0.456 e. The number of urea groups is 1. The quantitative estimate of drug-likeness (QED) is 0.464. The van der Waals surface area contributed by atoms with Gasteiger partial charge in [-0.05, 0) is 25.5 Å². The van der Waals surface area contributed by atoms with Gasteiger partial charge in [0.2, 0.25) is 11.8 Å². The fourth-order valence-electron chi connectivity index (χ4n) is 2.74. The Morgan fingerprint density at radius 1 is 1.17 bits per heavy atom. The summed E-state index contributed by atoms with van der Waals surface area (Å²) in [5, 5.41) is 2.68. The number of anilines is 1. The highest BCUT2D eigenvalue weighted by atomic mass is 16.5. The molecule has 5 amide bonds. The average Bonchev–Trinajstić information content (AvgIpc) is 2.93. The molecule has 1 fully saturated rings. The molecule has 0 unspecified atom stereocenters. The van der Waals surface area contributed by atoms with E-state index in [0.717, 1.165) is 15.4 Å². The average molecular weight is 418 g/mol. The van der Waals surface area contributed by atoms with E-state index < -0.39 is 24.5 Å². The summed E-state index contributed by atoms with van der Waals surface area (Å²) in [5.41, 5.74) is 1.69. The second-order valence-corrected chi connectivity index (χ2v) is 7.11. The number of hydrogen-bond acceptors (Lipinski definition) is 6. The van der Waals surface area contributed by atoms with Crippen LogP contribution in [0.25, 0.3) is 0 Å².